The number of hydrogen-bond donors (Lipinski definition) is 1. The highest BCUT2D eigenvalue weighted by atomic mass is 32.2. The molecule has 0 saturated carbocycles. The first-order chi connectivity index (χ1) is 12.4. The van der Waals surface area contributed by atoms with E-state index >= 15 is 0 Å². The van der Waals surface area contributed by atoms with Crippen LogP contribution in [0.2, 0.25) is 0 Å². The van der Waals surface area contributed by atoms with Crippen LogP contribution >= 0.6 is 0 Å². The van der Waals surface area contributed by atoms with Crippen molar-refractivity contribution < 1.29 is 13.2 Å². The van der Waals surface area contributed by atoms with Gasteiger partial charge < -0.3 is 10.2 Å². The summed E-state index contributed by atoms with van der Waals surface area (Å²) in [7, 11) is -3.17. The Balaban J connectivity index is 1.69. The summed E-state index contributed by atoms with van der Waals surface area (Å²) in [6, 6.07) is 3.63. The van der Waals surface area contributed by atoms with E-state index < -0.39 is 9.84 Å². The molecule has 1 aliphatic heterocycles. The predicted octanol–water partition coefficient (Wildman–Crippen LogP) is 0.178. The van der Waals surface area contributed by atoms with Gasteiger partial charge >= 0.3 is 0 Å². The quantitative estimate of drug-likeness (QED) is 0.763. The first-order valence-corrected chi connectivity index (χ1v) is 10.4. The lowest BCUT2D eigenvalue weighted by atomic mass is 10.1. The molecule has 3 heterocycles. The summed E-state index contributed by atoms with van der Waals surface area (Å²) in [5.74, 6) is 0.336. The molecule has 0 aliphatic carbocycles. The molecule has 1 atom stereocenters. The van der Waals surface area contributed by atoms with Gasteiger partial charge in [-0.1, -0.05) is 0 Å². The highest BCUT2D eigenvalue weighted by Crippen LogP contribution is 2.17. The standard InChI is InChI=1S/C16H22N6O3S/c1-26(24,25)8-4-15(23)21-10-13(9-19-16-17-5-2-6-18-16)11-22-14(12-21)3-7-20-22/h2-3,5-7,13H,4,8-12H2,1H3,(H,17,18,19)/t13-/m0/s1. The fraction of sp³-hybridized carbons (Fsp3) is 0.500. The van der Waals surface area contributed by atoms with Crippen LogP contribution < -0.4 is 5.32 Å². The van der Waals surface area contributed by atoms with E-state index in [1.54, 1.807) is 29.6 Å². The van der Waals surface area contributed by atoms with Crippen LogP contribution in [0.25, 0.3) is 0 Å². The average Bonchev–Trinajstić information content (AvgIpc) is 2.96. The van der Waals surface area contributed by atoms with Gasteiger partial charge in [-0.15, -0.1) is 0 Å². The fourth-order valence-electron chi connectivity index (χ4n) is 2.91. The SMILES string of the molecule is CS(=O)(=O)CCC(=O)N1Cc2ccnn2C[C@@H](CNc2ncccn2)C1. The van der Waals surface area contributed by atoms with Gasteiger partial charge in [0, 0.05) is 56.8 Å². The maximum atomic E-state index is 12.5. The van der Waals surface area contributed by atoms with E-state index in [-0.39, 0.29) is 24.0 Å². The Morgan fingerprint density at radius 3 is 2.77 bits per heavy atom. The highest BCUT2D eigenvalue weighted by Gasteiger charge is 2.26. The molecular weight excluding hydrogens is 356 g/mol. The number of sulfone groups is 1. The van der Waals surface area contributed by atoms with Crippen molar-refractivity contribution in [2.45, 2.75) is 19.5 Å². The second-order valence-corrected chi connectivity index (χ2v) is 8.74. The van der Waals surface area contributed by atoms with Crippen LogP contribution in [0.5, 0.6) is 0 Å². The van der Waals surface area contributed by atoms with E-state index in [9.17, 15) is 13.2 Å². The van der Waals surface area contributed by atoms with Gasteiger partial charge in [0.1, 0.15) is 9.84 Å². The number of aromatic nitrogens is 4. The zero-order valence-electron chi connectivity index (χ0n) is 14.6. The summed E-state index contributed by atoms with van der Waals surface area (Å²) in [5, 5.41) is 7.51. The Kier molecular flexibility index (Phi) is 5.50. The normalized spacial score (nSPS) is 17.4. The van der Waals surface area contributed by atoms with Gasteiger partial charge in [0.25, 0.3) is 0 Å². The van der Waals surface area contributed by atoms with Crippen LogP contribution in [0.15, 0.2) is 30.7 Å². The monoisotopic (exact) mass is 378 g/mol. The molecule has 10 heteroatoms. The topological polar surface area (TPSA) is 110 Å². The van der Waals surface area contributed by atoms with Gasteiger partial charge in [0.05, 0.1) is 18.0 Å². The van der Waals surface area contributed by atoms with Crippen molar-refractivity contribution in [3.8, 4) is 0 Å². The minimum atomic E-state index is -3.17. The van der Waals surface area contributed by atoms with Gasteiger partial charge in [-0.05, 0) is 12.1 Å². The number of rotatable bonds is 6. The largest absolute Gasteiger partial charge is 0.354 e. The summed E-state index contributed by atoms with van der Waals surface area (Å²) in [6.45, 7) is 2.20. The molecule has 0 saturated heterocycles. The molecule has 2 aromatic heterocycles. The maximum Gasteiger partial charge on any atom is 0.223 e. The van der Waals surface area contributed by atoms with Crippen molar-refractivity contribution in [3.63, 3.8) is 0 Å². The van der Waals surface area contributed by atoms with Gasteiger partial charge in [0.15, 0.2) is 0 Å². The number of anilines is 1. The third-order valence-corrected chi connectivity index (χ3v) is 5.17. The van der Waals surface area contributed by atoms with Crippen molar-refractivity contribution in [1.82, 2.24) is 24.6 Å². The van der Waals surface area contributed by atoms with Crippen LogP contribution in [0.4, 0.5) is 5.95 Å². The van der Waals surface area contributed by atoms with Crippen LogP contribution in [0.3, 0.4) is 0 Å². The molecule has 3 rings (SSSR count). The number of carbonyl (C=O) groups is 1. The molecule has 140 valence electrons. The van der Waals surface area contributed by atoms with E-state index in [0.29, 0.717) is 32.1 Å². The van der Waals surface area contributed by atoms with Gasteiger partial charge in [-0.25, -0.2) is 18.4 Å². The molecule has 2 aromatic rings. The second kappa shape index (κ2) is 7.81. The molecule has 26 heavy (non-hydrogen) atoms. The molecule has 0 unspecified atom stereocenters. The van der Waals surface area contributed by atoms with Crippen molar-refractivity contribution in [1.29, 1.82) is 0 Å². The molecular formula is C16H22N6O3S. The first kappa shape index (κ1) is 18.3. The fourth-order valence-corrected chi connectivity index (χ4v) is 3.45. The number of carbonyl (C=O) groups excluding carboxylic acids is 1. The second-order valence-electron chi connectivity index (χ2n) is 6.48. The van der Waals surface area contributed by atoms with Crippen molar-refractivity contribution in [2.24, 2.45) is 5.92 Å². The third kappa shape index (κ3) is 5.01. The van der Waals surface area contributed by atoms with Crippen LogP contribution in [0, 0.1) is 5.92 Å². The Hall–Kier alpha value is -2.49. The minimum Gasteiger partial charge on any atom is -0.354 e. The Labute approximate surface area is 152 Å². The number of hydrogen-bond acceptors (Lipinski definition) is 7. The molecule has 1 amide bonds. The summed E-state index contributed by atoms with van der Waals surface area (Å²) in [6.07, 6.45) is 6.17. The first-order valence-electron chi connectivity index (χ1n) is 8.38. The number of nitrogens with one attached hydrogen (secondary N) is 1. The lowest BCUT2D eigenvalue weighted by Gasteiger charge is -2.24. The molecule has 0 fully saturated rings. The molecule has 1 N–H and O–H groups in total. The van der Waals surface area contributed by atoms with Crippen LogP contribution in [-0.4, -0.2) is 64.1 Å². The Bertz CT molecular complexity index is 852. The van der Waals surface area contributed by atoms with Crippen LogP contribution in [-0.2, 0) is 27.7 Å². The lowest BCUT2D eigenvalue weighted by Crippen LogP contribution is -2.36. The van der Waals surface area contributed by atoms with Crippen LogP contribution in [0.1, 0.15) is 12.1 Å². The molecule has 9 nitrogen and oxygen atoms in total. The molecule has 0 radical (unpaired) electrons. The number of fused-ring (bicyclic) bond motifs is 1. The van der Waals surface area contributed by atoms with E-state index in [2.05, 4.69) is 20.4 Å². The number of nitrogens with zero attached hydrogens (tertiary/aromatic N) is 5. The summed E-state index contributed by atoms with van der Waals surface area (Å²) < 4.78 is 24.6. The number of amides is 1. The molecule has 0 bridgehead atoms. The smallest absolute Gasteiger partial charge is 0.223 e. The lowest BCUT2D eigenvalue weighted by molar-refractivity contribution is -0.131. The van der Waals surface area contributed by atoms with Crippen molar-refractivity contribution in [3.05, 3.63) is 36.4 Å². The summed E-state index contributed by atoms with van der Waals surface area (Å²) in [4.78, 5) is 22.5. The highest BCUT2D eigenvalue weighted by molar-refractivity contribution is 7.90. The minimum absolute atomic E-state index is 0.00504. The van der Waals surface area contributed by atoms with Gasteiger partial charge in [-0.3, -0.25) is 9.48 Å². The third-order valence-electron chi connectivity index (χ3n) is 4.22. The van der Waals surface area contributed by atoms with Crippen molar-refractivity contribution >= 4 is 21.7 Å². The summed E-state index contributed by atoms with van der Waals surface area (Å²) in [5.41, 5.74) is 0.941. The summed E-state index contributed by atoms with van der Waals surface area (Å²) >= 11 is 0. The molecule has 1 aliphatic rings. The molecule has 0 spiro atoms. The Morgan fingerprint density at radius 2 is 2.04 bits per heavy atom. The Morgan fingerprint density at radius 1 is 1.27 bits per heavy atom. The van der Waals surface area contributed by atoms with E-state index in [1.165, 1.54) is 0 Å². The van der Waals surface area contributed by atoms with Gasteiger partial charge in [-0.2, -0.15) is 5.10 Å². The van der Waals surface area contributed by atoms with E-state index in [1.807, 2.05) is 10.7 Å². The zero-order valence-corrected chi connectivity index (χ0v) is 15.4. The van der Waals surface area contributed by atoms with E-state index in [4.69, 9.17) is 0 Å². The van der Waals surface area contributed by atoms with Gasteiger partial charge in [0.2, 0.25) is 11.9 Å². The van der Waals surface area contributed by atoms with Crippen molar-refractivity contribution in [2.75, 3.05) is 30.4 Å². The molecule has 0 aromatic carbocycles. The predicted molar refractivity (Wildman–Crippen MR) is 96.0 cm³/mol. The zero-order chi connectivity index (χ0) is 18.6. The average molecular weight is 378 g/mol. The maximum absolute atomic E-state index is 12.5. The van der Waals surface area contributed by atoms with E-state index in [0.717, 1.165) is 11.9 Å².